The van der Waals surface area contributed by atoms with Crippen molar-refractivity contribution in [3.8, 4) is 0 Å². The molecule has 0 aliphatic heterocycles. The molecule has 1 aliphatic rings. The third-order valence-corrected chi connectivity index (χ3v) is 4.62. The van der Waals surface area contributed by atoms with Gasteiger partial charge in [-0.3, -0.25) is 4.79 Å². The van der Waals surface area contributed by atoms with E-state index in [0.717, 1.165) is 0 Å². The van der Waals surface area contributed by atoms with E-state index in [2.05, 4.69) is 33.0 Å². The molecule has 3 N–H and O–H groups in total. The van der Waals surface area contributed by atoms with Gasteiger partial charge in [0, 0.05) is 6.54 Å². The van der Waals surface area contributed by atoms with Gasteiger partial charge in [0.05, 0.1) is 6.61 Å². The van der Waals surface area contributed by atoms with Crippen molar-refractivity contribution >= 4 is 11.9 Å². The summed E-state index contributed by atoms with van der Waals surface area (Å²) in [7, 11) is 0. The predicted octanol–water partition coefficient (Wildman–Crippen LogP) is 0.675. The Balaban J connectivity index is 2.42. The average molecular weight is 256 g/mol. The molecule has 0 aromatic carbocycles. The molecule has 0 aromatic rings. The Labute approximate surface area is 108 Å². The van der Waals surface area contributed by atoms with Gasteiger partial charge >= 0.3 is 5.97 Å². The van der Waals surface area contributed by atoms with E-state index in [9.17, 15) is 9.59 Å². The topological polar surface area (TPSA) is 81.4 Å². The molecule has 0 bridgehead atoms. The number of hydrogen-bond acceptors (Lipinski definition) is 4. The van der Waals surface area contributed by atoms with Gasteiger partial charge in [0.25, 0.3) is 0 Å². The van der Waals surface area contributed by atoms with E-state index in [1.807, 2.05) is 0 Å². The molecule has 1 amide bonds. The Morgan fingerprint density at radius 3 is 2.17 bits per heavy atom. The first-order valence-corrected chi connectivity index (χ1v) is 6.36. The fraction of sp³-hybridized carbons (Fsp3) is 0.846. The molecule has 1 fully saturated rings. The van der Waals surface area contributed by atoms with Crippen LogP contribution in [-0.4, -0.2) is 31.1 Å². The predicted molar refractivity (Wildman–Crippen MR) is 68.7 cm³/mol. The summed E-state index contributed by atoms with van der Waals surface area (Å²) in [6.45, 7) is 11.2. The number of amides is 1. The zero-order chi connectivity index (χ0) is 14.1. The van der Waals surface area contributed by atoms with Gasteiger partial charge in [0.2, 0.25) is 5.91 Å². The minimum atomic E-state index is -1.23. The minimum absolute atomic E-state index is 0.203. The Bertz CT molecular complexity index is 336. The number of esters is 1. The Morgan fingerprint density at radius 2 is 1.78 bits per heavy atom. The van der Waals surface area contributed by atoms with Gasteiger partial charge in [0.1, 0.15) is 0 Å². The van der Waals surface area contributed by atoms with E-state index in [0.29, 0.717) is 12.5 Å². The fourth-order valence-electron chi connectivity index (χ4n) is 2.50. The van der Waals surface area contributed by atoms with Crippen LogP contribution in [0.15, 0.2) is 0 Å². The van der Waals surface area contributed by atoms with Crippen LogP contribution in [0.5, 0.6) is 0 Å². The lowest BCUT2D eigenvalue weighted by Crippen LogP contribution is -2.47. The normalized spacial score (nSPS) is 22.1. The number of carbonyl (C=O) groups excluding carboxylic acids is 2. The van der Waals surface area contributed by atoms with E-state index in [-0.39, 0.29) is 17.4 Å². The van der Waals surface area contributed by atoms with Crippen molar-refractivity contribution in [2.45, 2.75) is 40.7 Å². The molecule has 5 nitrogen and oxygen atoms in total. The first-order chi connectivity index (χ1) is 8.16. The van der Waals surface area contributed by atoms with Crippen molar-refractivity contribution in [1.82, 2.24) is 5.32 Å². The number of nitrogens with two attached hydrogens (primary N) is 1. The molecule has 1 rings (SSSR count). The van der Waals surface area contributed by atoms with Crippen LogP contribution in [0.4, 0.5) is 0 Å². The summed E-state index contributed by atoms with van der Waals surface area (Å²) < 4.78 is 4.70. The summed E-state index contributed by atoms with van der Waals surface area (Å²) in [5, 5.41) is 2.73. The Hall–Kier alpha value is -1.10. The van der Waals surface area contributed by atoms with Crippen molar-refractivity contribution in [2.24, 2.45) is 22.5 Å². The van der Waals surface area contributed by atoms with Gasteiger partial charge in [0.15, 0.2) is 6.04 Å². The molecule has 1 atom stereocenters. The van der Waals surface area contributed by atoms with Crippen molar-refractivity contribution in [3.63, 3.8) is 0 Å². The third kappa shape index (κ3) is 2.51. The van der Waals surface area contributed by atoms with Crippen molar-refractivity contribution in [3.05, 3.63) is 0 Å². The average Bonchev–Trinajstić information content (AvgIpc) is 2.65. The van der Waals surface area contributed by atoms with E-state index in [1.165, 1.54) is 0 Å². The maximum Gasteiger partial charge on any atom is 0.332 e. The molecular weight excluding hydrogens is 232 g/mol. The van der Waals surface area contributed by atoms with Crippen LogP contribution in [0.3, 0.4) is 0 Å². The van der Waals surface area contributed by atoms with Crippen LogP contribution < -0.4 is 11.1 Å². The van der Waals surface area contributed by atoms with Crippen LogP contribution in [-0.2, 0) is 14.3 Å². The maximum absolute atomic E-state index is 11.7. The number of carbonyl (C=O) groups is 2. The molecule has 5 heteroatoms. The zero-order valence-corrected chi connectivity index (χ0v) is 11.9. The lowest BCUT2D eigenvalue weighted by atomic mass is 10.0. The van der Waals surface area contributed by atoms with Crippen LogP contribution in [0.25, 0.3) is 0 Å². The highest BCUT2D eigenvalue weighted by molar-refractivity contribution is 6.01. The lowest BCUT2D eigenvalue weighted by molar-refractivity contribution is -0.148. The SMILES string of the molecule is CCOC(=O)C(N)C(=O)NCC1C(C)(C)C1(C)C. The summed E-state index contributed by atoms with van der Waals surface area (Å²) in [6, 6.07) is -1.23. The monoisotopic (exact) mass is 256 g/mol. The molecule has 1 unspecified atom stereocenters. The second kappa shape index (κ2) is 4.88. The Morgan fingerprint density at radius 1 is 1.28 bits per heavy atom. The zero-order valence-electron chi connectivity index (χ0n) is 11.9. The first-order valence-electron chi connectivity index (χ1n) is 6.36. The molecule has 1 aliphatic carbocycles. The van der Waals surface area contributed by atoms with Gasteiger partial charge in [-0.2, -0.15) is 0 Å². The summed E-state index contributed by atoms with van der Waals surface area (Å²) in [5.41, 5.74) is 5.91. The molecule has 0 saturated heterocycles. The van der Waals surface area contributed by atoms with Gasteiger partial charge in [-0.25, -0.2) is 4.79 Å². The number of nitrogens with one attached hydrogen (secondary N) is 1. The van der Waals surface area contributed by atoms with Crippen molar-refractivity contribution in [1.29, 1.82) is 0 Å². The molecule has 1 saturated carbocycles. The van der Waals surface area contributed by atoms with Crippen molar-refractivity contribution < 1.29 is 14.3 Å². The maximum atomic E-state index is 11.7. The first kappa shape index (κ1) is 15.0. The number of ether oxygens (including phenoxy) is 1. The van der Waals surface area contributed by atoms with E-state index >= 15 is 0 Å². The second-order valence-corrected chi connectivity index (χ2v) is 5.97. The highest BCUT2D eigenvalue weighted by Gasteiger charge is 2.64. The summed E-state index contributed by atoms with van der Waals surface area (Å²) in [5.74, 6) is -0.736. The molecular formula is C13H24N2O3. The van der Waals surface area contributed by atoms with Gasteiger partial charge in [-0.1, -0.05) is 27.7 Å². The van der Waals surface area contributed by atoms with E-state index in [1.54, 1.807) is 6.92 Å². The smallest absolute Gasteiger partial charge is 0.332 e. The van der Waals surface area contributed by atoms with Gasteiger partial charge < -0.3 is 15.8 Å². The second-order valence-electron chi connectivity index (χ2n) is 5.97. The van der Waals surface area contributed by atoms with Crippen LogP contribution in [0, 0.1) is 16.7 Å². The summed E-state index contributed by atoms with van der Waals surface area (Å²) in [4.78, 5) is 23.0. The summed E-state index contributed by atoms with van der Waals surface area (Å²) >= 11 is 0. The van der Waals surface area contributed by atoms with Crippen LogP contribution >= 0.6 is 0 Å². The van der Waals surface area contributed by atoms with Gasteiger partial charge in [-0.15, -0.1) is 0 Å². The minimum Gasteiger partial charge on any atom is -0.464 e. The molecule has 104 valence electrons. The molecule has 0 radical (unpaired) electrons. The van der Waals surface area contributed by atoms with Crippen LogP contribution in [0.1, 0.15) is 34.6 Å². The molecule has 0 aromatic heterocycles. The van der Waals surface area contributed by atoms with Crippen LogP contribution in [0.2, 0.25) is 0 Å². The van der Waals surface area contributed by atoms with Gasteiger partial charge in [-0.05, 0) is 23.7 Å². The standard InChI is InChI=1S/C13H24N2O3/c1-6-18-11(17)9(14)10(16)15-7-8-12(2,3)13(8,4)5/h8-9H,6-7,14H2,1-5H3,(H,15,16). The quantitative estimate of drug-likeness (QED) is 0.559. The highest BCUT2D eigenvalue weighted by Crippen LogP contribution is 2.67. The molecule has 18 heavy (non-hydrogen) atoms. The van der Waals surface area contributed by atoms with Crippen molar-refractivity contribution in [2.75, 3.05) is 13.2 Å². The van der Waals surface area contributed by atoms with E-state index < -0.39 is 17.9 Å². The lowest BCUT2D eigenvalue weighted by Gasteiger charge is -2.11. The third-order valence-electron chi connectivity index (χ3n) is 4.62. The largest absolute Gasteiger partial charge is 0.464 e. The fourth-order valence-corrected chi connectivity index (χ4v) is 2.50. The number of rotatable bonds is 5. The number of hydrogen-bond donors (Lipinski definition) is 2. The highest BCUT2D eigenvalue weighted by atomic mass is 16.5. The molecule has 0 spiro atoms. The summed E-state index contributed by atoms with van der Waals surface area (Å²) in [6.07, 6.45) is 0. The molecule has 0 heterocycles. The van der Waals surface area contributed by atoms with E-state index in [4.69, 9.17) is 10.5 Å². The Kier molecular flexibility index (Phi) is 4.05.